The molecule has 0 atom stereocenters. The van der Waals surface area contributed by atoms with Gasteiger partial charge in [-0.2, -0.15) is 4.31 Å². The van der Waals surface area contributed by atoms with E-state index in [1.807, 2.05) is 0 Å². The van der Waals surface area contributed by atoms with Crippen molar-refractivity contribution in [2.45, 2.75) is 42.7 Å². The van der Waals surface area contributed by atoms with Gasteiger partial charge in [-0.1, -0.05) is 0 Å². The molecule has 11 heteroatoms. The molecule has 32 heavy (non-hydrogen) atoms. The van der Waals surface area contributed by atoms with Crippen molar-refractivity contribution in [2.75, 3.05) is 6.54 Å². The highest BCUT2D eigenvalue weighted by molar-refractivity contribution is 7.89. The van der Waals surface area contributed by atoms with Crippen LogP contribution < -0.4 is 10.5 Å². The maximum Gasteiger partial charge on any atom is 0.406 e. The SMILES string of the molecule is NC(=O)OC1(N(CCC(=O)O)S(=O)(=O)c2ccc(Oc3ccc(F)cc3)cc2)CCCC1. The van der Waals surface area contributed by atoms with Gasteiger partial charge in [-0.3, -0.25) is 4.79 Å². The molecule has 1 saturated carbocycles. The van der Waals surface area contributed by atoms with E-state index in [1.54, 1.807) is 0 Å². The lowest BCUT2D eigenvalue weighted by Gasteiger charge is -2.38. The van der Waals surface area contributed by atoms with Crippen molar-refractivity contribution < 1.29 is 37.0 Å². The van der Waals surface area contributed by atoms with Crippen LogP contribution in [0.4, 0.5) is 9.18 Å². The molecule has 3 rings (SSSR count). The van der Waals surface area contributed by atoms with Gasteiger partial charge in [0.15, 0.2) is 5.72 Å². The molecule has 9 nitrogen and oxygen atoms in total. The molecule has 1 amide bonds. The molecule has 3 N–H and O–H groups in total. The van der Waals surface area contributed by atoms with E-state index in [9.17, 15) is 22.4 Å². The van der Waals surface area contributed by atoms with E-state index in [0.29, 0.717) is 24.3 Å². The van der Waals surface area contributed by atoms with Crippen molar-refractivity contribution in [2.24, 2.45) is 5.73 Å². The summed E-state index contributed by atoms with van der Waals surface area (Å²) in [6, 6.07) is 10.8. The first kappa shape index (κ1) is 23.5. The van der Waals surface area contributed by atoms with Crippen LogP contribution in [0.3, 0.4) is 0 Å². The fraction of sp³-hybridized carbons (Fsp3) is 0.333. The fourth-order valence-electron chi connectivity index (χ4n) is 3.70. The van der Waals surface area contributed by atoms with Gasteiger partial charge in [-0.15, -0.1) is 0 Å². The summed E-state index contributed by atoms with van der Waals surface area (Å²) in [6.07, 6.45) is -0.00525. The van der Waals surface area contributed by atoms with Gasteiger partial charge in [-0.05, 0) is 61.4 Å². The van der Waals surface area contributed by atoms with Crippen molar-refractivity contribution in [3.8, 4) is 11.5 Å². The molecule has 0 radical (unpaired) electrons. The van der Waals surface area contributed by atoms with E-state index in [1.165, 1.54) is 48.5 Å². The molecule has 0 heterocycles. The van der Waals surface area contributed by atoms with Crippen molar-refractivity contribution in [1.29, 1.82) is 0 Å². The van der Waals surface area contributed by atoms with Crippen LogP contribution in [0.5, 0.6) is 11.5 Å². The second kappa shape index (κ2) is 9.53. The van der Waals surface area contributed by atoms with E-state index in [4.69, 9.17) is 20.3 Å². The highest BCUT2D eigenvalue weighted by Crippen LogP contribution is 2.40. The summed E-state index contributed by atoms with van der Waals surface area (Å²) in [5.41, 5.74) is 3.66. The monoisotopic (exact) mass is 466 g/mol. The van der Waals surface area contributed by atoms with Crippen LogP contribution >= 0.6 is 0 Å². The zero-order valence-corrected chi connectivity index (χ0v) is 17.9. The van der Waals surface area contributed by atoms with Gasteiger partial charge < -0.3 is 20.3 Å². The first-order chi connectivity index (χ1) is 15.1. The molecule has 1 aliphatic carbocycles. The summed E-state index contributed by atoms with van der Waals surface area (Å²) in [4.78, 5) is 22.6. The molecular formula is C21H23FN2O7S. The maximum atomic E-state index is 13.4. The maximum absolute atomic E-state index is 13.4. The van der Waals surface area contributed by atoms with Crippen molar-refractivity contribution in [3.05, 3.63) is 54.3 Å². The van der Waals surface area contributed by atoms with Gasteiger partial charge in [0, 0.05) is 19.4 Å². The van der Waals surface area contributed by atoms with Gasteiger partial charge in [0.25, 0.3) is 0 Å². The average Bonchev–Trinajstić information content (AvgIpc) is 3.18. The number of benzene rings is 2. The molecule has 0 unspecified atom stereocenters. The molecule has 2 aromatic rings. The number of nitrogens with two attached hydrogens (primary N) is 1. The van der Waals surface area contributed by atoms with Crippen LogP contribution in [0.25, 0.3) is 0 Å². The Morgan fingerprint density at radius 3 is 2.06 bits per heavy atom. The average molecular weight is 466 g/mol. The van der Waals surface area contributed by atoms with Crippen LogP contribution in [-0.4, -0.2) is 42.2 Å². The molecule has 172 valence electrons. The smallest absolute Gasteiger partial charge is 0.406 e. The minimum atomic E-state index is -4.25. The van der Waals surface area contributed by atoms with Crippen LogP contribution in [0.2, 0.25) is 0 Å². The normalized spacial score (nSPS) is 15.4. The number of carboxylic acids is 1. The zero-order chi connectivity index (χ0) is 23.4. The molecular weight excluding hydrogens is 443 g/mol. The Hall–Kier alpha value is -3.18. The number of hydrogen-bond acceptors (Lipinski definition) is 6. The number of carbonyl (C=O) groups excluding carboxylic acids is 1. The molecule has 1 aliphatic rings. The van der Waals surface area contributed by atoms with Crippen molar-refractivity contribution in [3.63, 3.8) is 0 Å². The standard InChI is InChI=1S/C21H23FN2O7S/c22-15-3-5-16(6-4-15)30-17-7-9-18(10-8-17)32(28,29)24(14-11-19(25)26)21(31-20(23)27)12-1-2-13-21/h3-10H,1-2,11-14H2,(H2,23,27)(H,25,26). The Morgan fingerprint density at radius 1 is 1.03 bits per heavy atom. The Kier molecular flexibility index (Phi) is 6.99. The second-order valence-electron chi connectivity index (χ2n) is 7.32. The Balaban J connectivity index is 1.90. The lowest BCUT2D eigenvalue weighted by atomic mass is 10.1. The summed E-state index contributed by atoms with van der Waals surface area (Å²) < 4.78 is 51.7. The molecule has 0 aromatic heterocycles. The largest absolute Gasteiger partial charge is 0.481 e. The molecule has 0 bridgehead atoms. The summed E-state index contributed by atoms with van der Waals surface area (Å²) >= 11 is 0. The van der Waals surface area contributed by atoms with Crippen LogP contribution in [0.15, 0.2) is 53.4 Å². The van der Waals surface area contributed by atoms with Gasteiger partial charge in [0.2, 0.25) is 10.0 Å². The molecule has 0 aliphatic heterocycles. The number of amides is 1. The number of nitrogens with zero attached hydrogens (tertiary/aromatic N) is 1. The predicted molar refractivity (Wildman–Crippen MR) is 111 cm³/mol. The van der Waals surface area contributed by atoms with Crippen LogP contribution in [0.1, 0.15) is 32.1 Å². The first-order valence-corrected chi connectivity index (χ1v) is 11.3. The summed E-state index contributed by atoms with van der Waals surface area (Å²) in [5, 5.41) is 9.11. The van der Waals surface area contributed by atoms with Crippen LogP contribution in [0, 0.1) is 5.82 Å². The van der Waals surface area contributed by atoms with Crippen molar-refractivity contribution in [1.82, 2.24) is 4.31 Å². The van der Waals surface area contributed by atoms with E-state index < -0.39 is 46.6 Å². The molecule has 0 spiro atoms. The Bertz CT molecular complexity index is 1070. The van der Waals surface area contributed by atoms with Gasteiger partial charge in [0.05, 0.1) is 11.3 Å². The van der Waals surface area contributed by atoms with Crippen LogP contribution in [-0.2, 0) is 19.6 Å². The number of carbonyl (C=O) groups is 2. The highest BCUT2D eigenvalue weighted by Gasteiger charge is 2.49. The van der Waals surface area contributed by atoms with Gasteiger partial charge in [-0.25, -0.2) is 17.6 Å². The zero-order valence-electron chi connectivity index (χ0n) is 17.1. The molecule has 2 aromatic carbocycles. The predicted octanol–water partition coefficient (Wildman–Crippen LogP) is 3.45. The third-order valence-corrected chi connectivity index (χ3v) is 7.08. The van der Waals surface area contributed by atoms with E-state index in [0.717, 1.165) is 4.31 Å². The van der Waals surface area contributed by atoms with E-state index in [-0.39, 0.29) is 17.7 Å². The van der Waals surface area contributed by atoms with Crippen molar-refractivity contribution >= 4 is 22.1 Å². The number of halogens is 1. The number of carboxylic acid groups (broad SMARTS) is 1. The minimum Gasteiger partial charge on any atom is -0.481 e. The summed E-state index contributed by atoms with van der Waals surface area (Å²) in [5.74, 6) is -0.929. The number of primary amides is 1. The first-order valence-electron chi connectivity index (χ1n) is 9.89. The Labute approximate surface area is 184 Å². The lowest BCUT2D eigenvalue weighted by Crippen LogP contribution is -2.54. The number of hydrogen-bond donors (Lipinski definition) is 2. The number of sulfonamides is 1. The number of rotatable bonds is 9. The molecule has 1 fully saturated rings. The fourth-order valence-corrected chi connectivity index (χ4v) is 5.43. The van der Waals surface area contributed by atoms with E-state index in [2.05, 4.69) is 0 Å². The third-order valence-electron chi connectivity index (χ3n) is 5.12. The number of ether oxygens (including phenoxy) is 2. The van der Waals surface area contributed by atoms with Gasteiger partial charge in [0.1, 0.15) is 17.3 Å². The van der Waals surface area contributed by atoms with E-state index >= 15 is 0 Å². The Morgan fingerprint density at radius 2 is 1.56 bits per heavy atom. The second-order valence-corrected chi connectivity index (χ2v) is 9.19. The lowest BCUT2D eigenvalue weighted by molar-refractivity contribution is -0.138. The number of aliphatic carboxylic acids is 1. The minimum absolute atomic E-state index is 0.131. The summed E-state index contributed by atoms with van der Waals surface area (Å²) in [6.45, 7) is -0.390. The third kappa shape index (κ3) is 5.35. The summed E-state index contributed by atoms with van der Waals surface area (Å²) in [7, 11) is -4.25. The highest BCUT2D eigenvalue weighted by atomic mass is 32.2. The van der Waals surface area contributed by atoms with Gasteiger partial charge >= 0.3 is 12.1 Å². The topological polar surface area (TPSA) is 136 Å². The molecule has 0 saturated heterocycles. The quantitative estimate of drug-likeness (QED) is 0.540.